The first-order chi connectivity index (χ1) is 12.8. The van der Waals surface area contributed by atoms with Gasteiger partial charge in [-0.05, 0) is 84.3 Å². The van der Waals surface area contributed by atoms with Crippen molar-refractivity contribution in [3.63, 3.8) is 0 Å². The molecule has 7 heteroatoms. The van der Waals surface area contributed by atoms with Crippen molar-refractivity contribution >= 4 is 44.2 Å². The summed E-state index contributed by atoms with van der Waals surface area (Å²) in [4.78, 5) is 12.8. The van der Waals surface area contributed by atoms with E-state index in [1.165, 1.54) is 18.6 Å². The maximum Gasteiger partial charge on any atom is 0.261 e. The van der Waals surface area contributed by atoms with Crippen LogP contribution in [0.15, 0.2) is 47.4 Å². The molecule has 0 aliphatic heterocycles. The molecule has 0 radical (unpaired) electrons. The van der Waals surface area contributed by atoms with Crippen molar-refractivity contribution in [3.05, 3.63) is 57.2 Å². The third-order valence-electron chi connectivity index (χ3n) is 4.80. The van der Waals surface area contributed by atoms with Gasteiger partial charge in [-0.3, -0.25) is 9.52 Å². The van der Waals surface area contributed by atoms with Crippen molar-refractivity contribution in [3.8, 4) is 0 Å². The molecule has 1 fully saturated rings. The highest BCUT2D eigenvalue weighted by atomic mass is 127. The molecular formula is C20H23IN2O3S. The number of hydrogen-bond donors (Lipinski definition) is 2. The largest absolute Gasteiger partial charge is 0.349 e. The van der Waals surface area contributed by atoms with Crippen LogP contribution in [0.4, 0.5) is 5.69 Å². The molecule has 0 spiro atoms. The Hall–Kier alpha value is -1.61. The molecule has 0 bridgehead atoms. The summed E-state index contributed by atoms with van der Waals surface area (Å²) in [6.07, 6.45) is 5.42. The van der Waals surface area contributed by atoms with E-state index in [9.17, 15) is 13.2 Å². The zero-order chi connectivity index (χ0) is 19.4. The number of amides is 1. The molecule has 2 aromatic carbocycles. The van der Waals surface area contributed by atoms with E-state index in [4.69, 9.17) is 0 Å². The van der Waals surface area contributed by atoms with Crippen LogP contribution in [0.25, 0.3) is 0 Å². The van der Waals surface area contributed by atoms with Crippen LogP contribution in [-0.2, 0) is 10.0 Å². The lowest BCUT2D eigenvalue weighted by atomic mass is 9.95. The molecule has 1 aliphatic carbocycles. The number of aryl methyl sites for hydroxylation is 1. The van der Waals surface area contributed by atoms with Crippen molar-refractivity contribution in [1.82, 2.24) is 5.32 Å². The molecule has 0 aromatic heterocycles. The normalized spacial score (nSPS) is 15.3. The van der Waals surface area contributed by atoms with E-state index in [1.807, 2.05) is 19.1 Å². The molecule has 0 atom stereocenters. The van der Waals surface area contributed by atoms with Gasteiger partial charge in [0.1, 0.15) is 0 Å². The first-order valence-corrected chi connectivity index (χ1v) is 11.6. The molecule has 1 aliphatic rings. The fourth-order valence-corrected chi connectivity index (χ4v) is 4.70. The monoisotopic (exact) mass is 498 g/mol. The minimum Gasteiger partial charge on any atom is -0.349 e. The minimum absolute atomic E-state index is 0.0837. The summed E-state index contributed by atoms with van der Waals surface area (Å²) in [6, 6.07) is 11.9. The van der Waals surface area contributed by atoms with Gasteiger partial charge in [0.05, 0.1) is 4.90 Å². The number of sulfonamides is 1. The summed E-state index contributed by atoms with van der Waals surface area (Å²) < 4.78 is 29.0. The summed E-state index contributed by atoms with van der Waals surface area (Å²) >= 11 is 2.16. The minimum atomic E-state index is -3.76. The molecular weight excluding hydrogens is 475 g/mol. The predicted octanol–water partition coefficient (Wildman–Crippen LogP) is 4.46. The zero-order valence-electron chi connectivity index (χ0n) is 15.2. The van der Waals surface area contributed by atoms with Crippen molar-refractivity contribution in [2.45, 2.75) is 50.0 Å². The fraction of sp³-hybridized carbons (Fsp3) is 0.350. The molecule has 3 rings (SSSR count). The van der Waals surface area contributed by atoms with Gasteiger partial charge in [-0.15, -0.1) is 0 Å². The van der Waals surface area contributed by atoms with Gasteiger partial charge in [0.15, 0.2) is 0 Å². The Labute approximate surface area is 174 Å². The van der Waals surface area contributed by atoms with Crippen LogP contribution < -0.4 is 10.0 Å². The molecule has 1 amide bonds. The van der Waals surface area contributed by atoms with E-state index in [-0.39, 0.29) is 16.8 Å². The van der Waals surface area contributed by atoms with E-state index < -0.39 is 10.0 Å². The van der Waals surface area contributed by atoms with Crippen LogP contribution in [0.3, 0.4) is 0 Å². The maximum atomic E-state index is 12.7. The highest BCUT2D eigenvalue weighted by molar-refractivity contribution is 14.1. The number of anilines is 1. The number of carbonyl (C=O) groups is 1. The number of rotatable bonds is 5. The second kappa shape index (κ2) is 8.60. The molecule has 0 heterocycles. The lowest BCUT2D eigenvalue weighted by molar-refractivity contribution is 0.0927. The third kappa shape index (κ3) is 5.22. The molecule has 2 aromatic rings. The van der Waals surface area contributed by atoms with Gasteiger partial charge >= 0.3 is 0 Å². The smallest absolute Gasteiger partial charge is 0.261 e. The summed E-state index contributed by atoms with van der Waals surface area (Å²) in [5.74, 6) is -0.203. The Balaban J connectivity index is 1.80. The standard InChI is InChI=1S/C20H23IN2O3S/c1-14-7-12-18(27(25,26)23-17-10-8-15(21)9-11-17)13-19(14)20(24)22-16-5-3-2-4-6-16/h7-13,16,23H,2-6H2,1H3,(H,22,24). The molecule has 5 nitrogen and oxygen atoms in total. The number of nitrogens with one attached hydrogen (secondary N) is 2. The lowest BCUT2D eigenvalue weighted by Crippen LogP contribution is -2.36. The second-order valence-electron chi connectivity index (χ2n) is 6.90. The molecule has 1 saturated carbocycles. The Bertz CT molecular complexity index is 921. The van der Waals surface area contributed by atoms with E-state index in [2.05, 4.69) is 32.6 Å². The van der Waals surface area contributed by atoms with Crippen molar-refractivity contribution in [2.75, 3.05) is 4.72 Å². The van der Waals surface area contributed by atoms with Crippen LogP contribution in [0.5, 0.6) is 0 Å². The Morgan fingerprint density at radius 3 is 2.37 bits per heavy atom. The predicted molar refractivity (Wildman–Crippen MR) is 115 cm³/mol. The quantitative estimate of drug-likeness (QED) is 0.598. The molecule has 27 heavy (non-hydrogen) atoms. The van der Waals surface area contributed by atoms with Crippen LogP contribution in [0, 0.1) is 10.5 Å². The Morgan fingerprint density at radius 1 is 1.04 bits per heavy atom. The van der Waals surface area contributed by atoms with Gasteiger partial charge in [0.25, 0.3) is 15.9 Å². The van der Waals surface area contributed by atoms with E-state index >= 15 is 0 Å². The average molecular weight is 498 g/mol. The Kier molecular flexibility index (Phi) is 6.41. The van der Waals surface area contributed by atoms with Gasteiger partial charge in [0, 0.05) is 20.9 Å². The third-order valence-corrected chi connectivity index (χ3v) is 6.90. The van der Waals surface area contributed by atoms with E-state index in [1.54, 1.807) is 18.2 Å². The van der Waals surface area contributed by atoms with Gasteiger partial charge in [-0.1, -0.05) is 25.3 Å². The van der Waals surface area contributed by atoms with Crippen LogP contribution >= 0.6 is 22.6 Å². The van der Waals surface area contributed by atoms with Crippen molar-refractivity contribution < 1.29 is 13.2 Å². The number of carbonyl (C=O) groups excluding carboxylic acids is 1. The van der Waals surface area contributed by atoms with Gasteiger partial charge in [-0.25, -0.2) is 8.42 Å². The lowest BCUT2D eigenvalue weighted by Gasteiger charge is -2.23. The number of benzene rings is 2. The molecule has 2 N–H and O–H groups in total. The average Bonchev–Trinajstić information content (AvgIpc) is 2.64. The van der Waals surface area contributed by atoms with Crippen LogP contribution in [0.1, 0.15) is 48.0 Å². The van der Waals surface area contributed by atoms with Gasteiger partial charge in [-0.2, -0.15) is 0 Å². The SMILES string of the molecule is Cc1ccc(S(=O)(=O)Nc2ccc(I)cc2)cc1C(=O)NC1CCCCC1. The van der Waals surface area contributed by atoms with Crippen molar-refractivity contribution in [2.24, 2.45) is 0 Å². The summed E-state index contributed by atoms with van der Waals surface area (Å²) in [7, 11) is -3.76. The number of hydrogen-bond acceptors (Lipinski definition) is 3. The zero-order valence-corrected chi connectivity index (χ0v) is 18.1. The maximum absolute atomic E-state index is 12.7. The summed E-state index contributed by atoms with van der Waals surface area (Å²) in [5, 5.41) is 3.06. The van der Waals surface area contributed by atoms with Crippen LogP contribution in [0.2, 0.25) is 0 Å². The van der Waals surface area contributed by atoms with Gasteiger partial charge < -0.3 is 5.32 Å². The fourth-order valence-electron chi connectivity index (χ4n) is 3.25. The molecule has 0 unspecified atom stereocenters. The summed E-state index contributed by atoms with van der Waals surface area (Å²) in [5.41, 5.74) is 1.66. The highest BCUT2D eigenvalue weighted by Gasteiger charge is 2.21. The van der Waals surface area contributed by atoms with E-state index in [0.29, 0.717) is 11.3 Å². The first-order valence-electron chi connectivity index (χ1n) is 9.05. The summed E-state index contributed by atoms with van der Waals surface area (Å²) in [6.45, 7) is 1.82. The van der Waals surface area contributed by atoms with Crippen LogP contribution in [-0.4, -0.2) is 20.4 Å². The van der Waals surface area contributed by atoms with Crippen molar-refractivity contribution in [1.29, 1.82) is 0 Å². The second-order valence-corrected chi connectivity index (χ2v) is 9.83. The topological polar surface area (TPSA) is 75.3 Å². The first kappa shape index (κ1) is 20.1. The molecule has 144 valence electrons. The number of halogens is 1. The molecule has 0 saturated heterocycles. The Morgan fingerprint density at radius 2 is 1.70 bits per heavy atom. The van der Waals surface area contributed by atoms with E-state index in [0.717, 1.165) is 34.8 Å². The highest BCUT2D eigenvalue weighted by Crippen LogP contribution is 2.22. The van der Waals surface area contributed by atoms with Gasteiger partial charge in [0.2, 0.25) is 0 Å².